The molecule has 0 bridgehead atoms. The minimum absolute atomic E-state index is 0.595. The molecule has 2 heterocycles. The van der Waals surface area contributed by atoms with Crippen molar-refractivity contribution in [1.82, 2.24) is 9.88 Å². The third-order valence-corrected chi connectivity index (χ3v) is 3.21. The number of piperidine rings is 1. The molecular weight excluding hydrogens is 172 g/mol. The van der Waals surface area contributed by atoms with Crippen LogP contribution in [0.5, 0.6) is 0 Å². The van der Waals surface area contributed by atoms with Gasteiger partial charge >= 0.3 is 0 Å². The van der Waals surface area contributed by atoms with Gasteiger partial charge in [0.2, 0.25) is 0 Å². The van der Waals surface area contributed by atoms with Crippen molar-refractivity contribution in [3.63, 3.8) is 0 Å². The molecule has 14 heavy (non-hydrogen) atoms. The van der Waals surface area contributed by atoms with E-state index >= 15 is 0 Å². The van der Waals surface area contributed by atoms with E-state index in [0.29, 0.717) is 6.04 Å². The summed E-state index contributed by atoms with van der Waals surface area (Å²) in [7, 11) is 2.22. The summed E-state index contributed by atoms with van der Waals surface area (Å²) in [6.45, 7) is 3.40. The van der Waals surface area contributed by atoms with E-state index in [0.717, 1.165) is 0 Å². The fourth-order valence-corrected chi connectivity index (χ4v) is 2.29. The van der Waals surface area contributed by atoms with Crippen LogP contribution >= 0.6 is 0 Å². The molecule has 76 valence electrons. The van der Waals surface area contributed by atoms with Gasteiger partial charge in [-0.05, 0) is 50.6 Å². The number of pyridine rings is 1. The maximum atomic E-state index is 4.23. The third kappa shape index (κ3) is 1.80. The second-order valence-electron chi connectivity index (χ2n) is 4.22. The molecule has 2 nitrogen and oxygen atoms in total. The van der Waals surface area contributed by atoms with Gasteiger partial charge in [0.05, 0.1) is 0 Å². The largest absolute Gasteiger partial charge is 0.299 e. The van der Waals surface area contributed by atoms with E-state index in [9.17, 15) is 0 Å². The van der Waals surface area contributed by atoms with Crippen LogP contribution in [0.25, 0.3) is 0 Å². The summed E-state index contributed by atoms with van der Waals surface area (Å²) in [5, 5.41) is 0. The summed E-state index contributed by atoms with van der Waals surface area (Å²) in [6, 6.07) is 2.70. The molecule has 2 heteroatoms. The second kappa shape index (κ2) is 4.09. The van der Waals surface area contributed by atoms with Crippen LogP contribution in [0.15, 0.2) is 18.5 Å². The second-order valence-corrected chi connectivity index (χ2v) is 4.22. The fraction of sp³-hybridized carbons (Fsp3) is 0.583. The zero-order chi connectivity index (χ0) is 9.97. The van der Waals surface area contributed by atoms with Crippen LogP contribution in [0.1, 0.15) is 36.4 Å². The van der Waals surface area contributed by atoms with E-state index < -0.39 is 0 Å². The van der Waals surface area contributed by atoms with Gasteiger partial charge < -0.3 is 0 Å². The lowest BCUT2D eigenvalue weighted by atomic mass is 9.94. The summed E-state index contributed by atoms with van der Waals surface area (Å²) in [6.07, 6.45) is 7.88. The fourth-order valence-electron chi connectivity index (χ4n) is 2.29. The zero-order valence-corrected chi connectivity index (χ0v) is 9.03. The van der Waals surface area contributed by atoms with Gasteiger partial charge in [-0.15, -0.1) is 0 Å². The Hall–Kier alpha value is -0.890. The van der Waals surface area contributed by atoms with E-state index in [1.165, 1.54) is 36.9 Å². The molecule has 1 saturated heterocycles. The normalized spacial score (nSPS) is 23.7. The summed E-state index contributed by atoms with van der Waals surface area (Å²) < 4.78 is 0. The first-order valence-electron chi connectivity index (χ1n) is 5.40. The molecule has 0 amide bonds. The number of aromatic nitrogens is 1. The van der Waals surface area contributed by atoms with Crippen molar-refractivity contribution in [3.8, 4) is 0 Å². The molecule has 1 aromatic heterocycles. The van der Waals surface area contributed by atoms with Gasteiger partial charge in [0.1, 0.15) is 0 Å². The van der Waals surface area contributed by atoms with Crippen molar-refractivity contribution < 1.29 is 0 Å². The monoisotopic (exact) mass is 190 g/mol. The highest BCUT2D eigenvalue weighted by atomic mass is 15.1. The Labute approximate surface area is 86.0 Å². The maximum Gasteiger partial charge on any atom is 0.0362 e. The lowest BCUT2D eigenvalue weighted by Crippen LogP contribution is -2.30. The van der Waals surface area contributed by atoms with Crippen LogP contribution in [-0.2, 0) is 0 Å². The van der Waals surface area contributed by atoms with Crippen LogP contribution in [0.4, 0.5) is 0 Å². The van der Waals surface area contributed by atoms with Gasteiger partial charge in [-0.3, -0.25) is 9.88 Å². The van der Waals surface area contributed by atoms with Gasteiger partial charge in [0.15, 0.2) is 0 Å². The molecular formula is C12H18N2. The Kier molecular flexibility index (Phi) is 2.82. The van der Waals surface area contributed by atoms with Crippen molar-refractivity contribution in [2.75, 3.05) is 13.6 Å². The molecule has 2 rings (SSSR count). The highest BCUT2D eigenvalue weighted by Gasteiger charge is 2.21. The lowest BCUT2D eigenvalue weighted by molar-refractivity contribution is 0.186. The topological polar surface area (TPSA) is 16.1 Å². The summed E-state index contributed by atoms with van der Waals surface area (Å²) in [5.74, 6) is 0. The van der Waals surface area contributed by atoms with E-state index in [1.54, 1.807) is 0 Å². The average Bonchev–Trinajstić information content (AvgIpc) is 2.20. The summed E-state index contributed by atoms with van der Waals surface area (Å²) in [4.78, 5) is 6.68. The van der Waals surface area contributed by atoms with Crippen molar-refractivity contribution in [3.05, 3.63) is 29.6 Å². The Morgan fingerprint density at radius 3 is 3.00 bits per heavy atom. The minimum Gasteiger partial charge on any atom is -0.299 e. The van der Waals surface area contributed by atoms with Gasteiger partial charge in [0, 0.05) is 18.4 Å². The van der Waals surface area contributed by atoms with Crippen molar-refractivity contribution in [1.29, 1.82) is 0 Å². The van der Waals surface area contributed by atoms with Crippen molar-refractivity contribution >= 4 is 0 Å². The molecule has 1 aliphatic heterocycles. The molecule has 0 saturated carbocycles. The zero-order valence-electron chi connectivity index (χ0n) is 9.03. The highest BCUT2D eigenvalue weighted by Crippen LogP contribution is 2.30. The first-order valence-corrected chi connectivity index (χ1v) is 5.40. The molecule has 0 spiro atoms. The van der Waals surface area contributed by atoms with Gasteiger partial charge in [-0.2, -0.15) is 0 Å². The van der Waals surface area contributed by atoms with Crippen LogP contribution in [0.3, 0.4) is 0 Å². The van der Waals surface area contributed by atoms with Crippen LogP contribution in [-0.4, -0.2) is 23.5 Å². The standard InChI is InChI=1S/C12H18N2/c1-10-6-7-13-9-11(10)12-5-3-4-8-14(12)2/h6-7,9,12H,3-5,8H2,1-2H3/t12-/m0/s1. The van der Waals surface area contributed by atoms with Gasteiger partial charge in [-0.25, -0.2) is 0 Å². The SMILES string of the molecule is Cc1ccncc1[C@@H]1CCCCN1C. The predicted octanol–water partition coefficient (Wildman–Crippen LogP) is 2.55. The quantitative estimate of drug-likeness (QED) is 0.676. The van der Waals surface area contributed by atoms with E-state index in [2.05, 4.69) is 29.9 Å². The van der Waals surface area contributed by atoms with Crippen LogP contribution in [0.2, 0.25) is 0 Å². The third-order valence-electron chi connectivity index (χ3n) is 3.21. The lowest BCUT2D eigenvalue weighted by Gasteiger charge is -2.33. The molecule has 0 N–H and O–H groups in total. The number of hydrogen-bond acceptors (Lipinski definition) is 2. The average molecular weight is 190 g/mol. The van der Waals surface area contributed by atoms with E-state index in [-0.39, 0.29) is 0 Å². The first-order chi connectivity index (χ1) is 6.79. The molecule has 0 unspecified atom stereocenters. The summed E-state index contributed by atoms with van der Waals surface area (Å²) in [5.41, 5.74) is 2.79. The van der Waals surface area contributed by atoms with Crippen molar-refractivity contribution in [2.24, 2.45) is 0 Å². The predicted molar refractivity (Wildman–Crippen MR) is 58.2 cm³/mol. The Morgan fingerprint density at radius 1 is 1.43 bits per heavy atom. The number of hydrogen-bond donors (Lipinski definition) is 0. The number of aryl methyl sites for hydroxylation is 1. The smallest absolute Gasteiger partial charge is 0.0362 e. The molecule has 0 aliphatic carbocycles. The Balaban J connectivity index is 2.25. The molecule has 1 fully saturated rings. The maximum absolute atomic E-state index is 4.23. The minimum atomic E-state index is 0.595. The molecule has 1 aliphatic rings. The Bertz CT molecular complexity index is 309. The molecule has 0 radical (unpaired) electrons. The van der Waals surface area contributed by atoms with Crippen LogP contribution in [0, 0.1) is 6.92 Å². The molecule has 1 aromatic rings. The number of likely N-dealkylation sites (tertiary alicyclic amines) is 1. The Morgan fingerprint density at radius 2 is 2.29 bits per heavy atom. The first kappa shape index (κ1) is 9.66. The highest BCUT2D eigenvalue weighted by molar-refractivity contribution is 5.25. The van der Waals surface area contributed by atoms with Crippen molar-refractivity contribution in [2.45, 2.75) is 32.2 Å². The number of nitrogens with zero attached hydrogens (tertiary/aromatic N) is 2. The molecule has 0 aromatic carbocycles. The van der Waals surface area contributed by atoms with E-state index in [4.69, 9.17) is 0 Å². The molecule has 1 atom stereocenters. The summed E-state index contributed by atoms with van der Waals surface area (Å²) >= 11 is 0. The number of rotatable bonds is 1. The van der Waals surface area contributed by atoms with Gasteiger partial charge in [-0.1, -0.05) is 6.42 Å². The van der Waals surface area contributed by atoms with Crippen LogP contribution < -0.4 is 0 Å². The van der Waals surface area contributed by atoms with E-state index in [1.807, 2.05) is 12.4 Å². The van der Waals surface area contributed by atoms with Gasteiger partial charge in [0.25, 0.3) is 0 Å².